The summed E-state index contributed by atoms with van der Waals surface area (Å²) in [6.45, 7) is 1.57. The summed E-state index contributed by atoms with van der Waals surface area (Å²) in [5.74, 6) is 0.924. The number of carbonyl (C=O) groups is 1. The third kappa shape index (κ3) is 3.10. The first-order chi connectivity index (χ1) is 10.3. The van der Waals surface area contributed by atoms with Crippen molar-refractivity contribution in [2.45, 2.75) is 24.6 Å². The number of nitrogens with zero attached hydrogens (tertiary/aromatic N) is 2. The molecule has 3 rings (SSSR count). The van der Waals surface area contributed by atoms with Crippen LogP contribution in [0, 0.1) is 0 Å². The van der Waals surface area contributed by atoms with E-state index in [2.05, 4.69) is 10.2 Å². The zero-order valence-corrected chi connectivity index (χ0v) is 12.5. The van der Waals surface area contributed by atoms with Gasteiger partial charge in [-0.1, -0.05) is 12.1 Å². The van der Waals surface area contributed by atoms with Gasteiger partial charge < -0.3 is 4.90 Å². The molecule has 1 N–H and O–H groups in total. The highest BCUT2D eigenvalue weighted by molar-refractivity contribution is 6.17. The third-order valence-corrected chi connectivity index (χ3v) is 4.33. The number of amides is 1. The van der Waals surface area contributed by atoms with Gasteiger partial charge in [0.05, 0.1) is 0 Å². The van der Waals surface area contributed by atoms with Gasteiger partial charge in [0.1, 0.15) is 0 Å². The molecule has 0 radical (unpaired) electrons. The number of aromatic nitrogens is 2. The van der Waals surface area contributed by atoms with E-state index in [0.29, 0.717) is 11.8 Å². The van der Waals surface area contributed by atoms with Gasteiger partial charge in [0.15, 0.2) is 0 Å². The average molecular weight is 304 g/mol. The van der Waals surface area contributed by atoms with Crippen molar-refractivity contribution < 1.29 is 4.79 Å². The van der Waals surface area contributed by atoms with Gasteiger partial charge in [-0.3, -0.25) is 9.89 Å². The molecule has 1 aromatic carbocycles. The maximum absolute atomic E-state index is 12.6. The first kappa shape index (κ1) is 14.1. The Hall–Kier alpha value is -1.81. The topological polar surface area (TPSA) is 49.0 Å². The Morgan fingerprint density at radius 2 is 2.14 bits per heavy atom. The molecule has 1 aliphatic heterocycles. The van der Waals surface area contributed by atoms with E-state index in [1.54, 1.807) is 6.20 Å². The standard InChI is InChI=1S/C16H18ClN3O/c17-10-12-3-5-13(6-4-12)16(21)20-9-1-2-14(11-20)15-7-8-18-19-15/h3-8,14H,1-2,9-11H2,(H,18,19). The Balaban J connectivity index is 1.71. The first-order valence-corrected chi connectivity index (χ1v) is 7.75. The summed E-state index contributed by atoms with van der Waals surface area (Å²) in [5.41, 5.74) is 2.88. The third-order valence-electron chi connectivity index (χ3n) is 4.03. The second-order valence-electron chi connectivity index (χ2n) is 5.43. The van der Waals surface area contributed by atoms with Crippen molar-refractivity contribution in [3.05, 3.63) is 53.3 Å². The molecular weight excluding hydrogens is 286 g/mol. The lowest BCUT2D eigenvalue weighted by Gasteiger charge is -2.32. The summed E-state index contributed by atoms with van der Waals surface area (Å²) in [4.78, 5) is 14.5. The summed E-state index contributed by atoms with van der Waals surface area (Å²) in [5, 5.41) is 7.02. The number of nitrogens with one attached hydrogen (secondary N) is 1. The van der Waals surface area contributed by atoms with E-state index < -0.39 is 0 Å². The summed E-state index contributed by atoms with van der Waals surface area (Å²) < 4.78 is 0. The molecule has 1 unspecified atom stereocenters. The van der Waals surface area contributed by atoms with Crippen LogP contribution in [0.5, 0.6) is 0 Å². The number of carbonyl (C=O) groups excluding carboxylic acids is 1. The molecular formula is C16H18ClN3O. The van der Waals surface area contributed by atoms with E-state index in [1.165, 1.54) is 0 Å². The SMILES string of the molecule is O=C(c1ccc(CCl)cc1)N1CCCC(c2ccn[nH]2)C1. The minimum Gasteiger partial charge on any atom is -0.338 e. The van der Waals surface area contributed by atoms with Crippen molar-refractivity contribution >= 4 is 17.5 Å². The fourth-order valence-corrected chi connectivity index (χ4v) is 3.01. The van der Waals surface area contributed by atoms with E-state index in [0.717, 1.165) is 42.8 Å². The zero-order valence-electron chi connectivity index (χ0n) is 11.8. The van der Waals surface area contributed by atoms with Gasteiger partial charge in [0.25, 0.3) is 5.91 Å². The second-order valence-corrected chi connectivity index (χ2v) is 5.70. The van der Waals surface area contributed by atoms with E-state index in [1.807, 2.05) is 35.2 Å². The van der Waals surface area contributed by atoms with Crippen molar-refractivity contribution in [3.63, 3.8) is 0 Å². The molecule has 1 amide bonds. The molecule has 5 heteroatoms. The highest BCUT2D eigenvalue weighted by atomic mass is 35.5. The molecule has 1 aromatic heterocycles. The average Bonchev–Trinajstić information content (AvgIpc) is 3.09. The van der Waals surface area contributed by atoms with Crippen LogP contribution in [0.1, 0.15) is 40.4 Å². The van der Waals surface area contributed by atoms with Crippen LogP contribution in [0.15, 0.2) is 36.5 Å². The van der Waals surface area contributed by atoms with Crippen molar-refractivity contribution in [3.8, 4) is 0 Å². The Labute approximate surface area is 129 Å². The number of hydrogen-bond acceptors (Lipinski definition) is 2. The van der Waals surface area contributed by atoms with E-state index in [-0.39, 0.29) is 5.91 Å². The number of piperidine rings is 1. The molecule has 21 heavy (non-hydrogen) atoms. The van der Waals surface area contributed by atoms with Crippen molar-refractivity contribution in [1.29, 1.82) is 0 Å². The number of benzene rings is 1. The quantitative estimate of drug-likeness (QED) is 0.885. The Kier molecular flexibility index (Phi) is 4.25. The van der Waals surface area contributed by atoms with Crippen LogP contribution in [-0.2, 0) is 5.88 Å². The van der Waals surface area contributed by atoms with Crippen LogP contribution in [0.2, 0.25) is 0 Å². The minimum atomic E-state index is 0.0975. The van der Waals surface area contributed by atoms with Gasteiger partial charge in [-0.15, -0.1) is 11.6 Å². The minimum absolute atomic E-state index is 0.0975. The molecule has 110 valence electrons. The zero-order chi connectivity index (χ0) is 14.7. The molecule has 0 bridgehead atoms. The maximum Gasteiger partial charge on any atom is 0.253 e. The van der Waals surface area contributed by atoms with Gasteiger partial charge in [-0.05, 0) is 36.6 Å². The highest BCUT2D eigenvalue weighted by Crippen LogP contribution is 2.26. The molecule has 4 nitrogen and oxygen atoms in total. The van der Waals surface area contributed by atoms with Crippen molar-refractivity contribution in [2.24, 2.45) is 0 Å². The largest absolute Gasteiger partial charge is 0.338 e. The van der Waals surface area contributed by atoms with Crippen LogP contribution in [0.4, 0.5) is 0 Å². The summed E-state index contributed by atoms with van der Waals surface area (Å²) in [6.07, 6.45) is 3.88. The van der Waals surface area contributed by atoms with E-state index in [4.69, 9.17) is 11.6 Å². The lowest BCUT2D eigenvalue weighted by molar-refractivity contribution is 0.0706. The number of rotatable bonds is 3. The monoisotopic (exact) mass is 303 g/mol. The molecule has 0 spiro atoms. The predicted octanol–water partition coefficient (Wildman–Crippen LogP) is 3.17. The van der Waals surface area contributed by atoms with Crippen LogP contribution in [-0.4, -0.2) is 34.1 Å². The molecule has 0 saturated carbocycles. The first-order valence-electron chi connectivity index (χ1n) is 7.21. The molecule has 2 aromatic rings. The van der Waals surface area contributed by atoms with Crippen LogP contribution < -0.4 is 0 Å². The van der Waals surface area contributed by atoms with Crippen LogP contribution >= 0.6 is 11.6 Å². The van der Waals surface area contributed by atoms with E-state index in [9.17, 15) is 4.79 Å². The Bertz CT molecular complexity index is 594. The number of alkyl halides is 1. The van der Waals surface area contributed by atoms with E-state index >= 15 is 0 Å². The number of likely N-dealkylation sites (tertiary alicyclic amines) is 1. The molecule has 0 aliphatic carbocycles. The fourth-order valence-electron chi connectivity index (χ4n) is 2.83. The molecule has 1 fully saturated rings. The highest BCUT2D eigenvalue weighted by Gasteiger charge is 2.26. The van der Waals surface area contributed by atoms with Crippen LogP contribution in [0.3, 0.4) is 0 Å². The van der Waals surface area contributed by atoms with Gasteiger partial charge >= 0.3 is 0 Å². The number of hydrogen-bond donors (Lipinski definition) is 1. The lowest BCUT2D eigenvalue weighted by atomic mass is 9.94. The maximum atomic E-state index is 12.6. The summed E-state index contributed by atoms with van der Waals surface area (Å²) in [6, 6.07) is 9.54. The fraction of sp³-hybridized carbons (Fsp3) is 0.375. The molecule has 1 aliphatic rings. The molecule has 2 heterocycles. The number of halogens is 1. The van der Waals surface area contributed by atoms with Crippen molar-refractivity contribution in [2.75, 3.05) is 13.1 Å². The predicted molar refractivity (Wildman–Crippen MR) is 82.5 cm³/mol. The van der Waals surface area contributed by atoms with Gasteiger partial charge in [0, 0.05) is 42.3 Å². The Morgan fingerprint density at radius 1 is 1.33 bits per heavy atom. The normalized spacial score (nSPS) is 18.7. The lowest BCUT2D eigenvalue weighted by Crippen LogP contribution is -2.39. The second kappa shape index (κ2) is 6.31. The molecule has 1 atom stereocenters. The van der Waals surface area contributed by atoms with Crippen molar-refractivity contribution in [1.82, 2.24) is 15.1 Å². The summed E-state index contributed by atoms with van der Waals surface area (Å²) in [7, 11) is 0. The van der Waals surface area contributed by atoms with Crippen LogP contribution in [0.25, 0.3) is 0 Å². The number of aromatic amines is 1. The summed E-state index contributed by atoms with van der Waals surface area (Å²) >= 11 is 5.78. The number of H-pyrrole nitrogens is 1. The smallest absolute Gasteiger partial charge is 0.253 e. The Morgan fingerprint density at radius 3 is 2.81 bits per heavy atom. The van der Waals surface area contributed by atoms with Gasteiger partial charge in [-0.25, -0.2) is 0 Å². The molecule has 1 saturated heterocycles. The van der Waals surface area contributed by atoms with Gasteiger partial charge in [0.2, 0.25) is 0 Å². The van der Waals surface area contributed by atoms with Gasteiger partial charge in [-0.2, -0.15) is 5.10 Å².